The van der Waals surface area contributed by atoms with Gasteiger partial charge >= 0.3 is 0 Å². The van der Waals surface area contributed by atoms with E-state index >= 15 is 0 Å². The Morgan fingerprint density at radius 2 is 2.37 bits per heavy atom. The van der Waals surface area contributed by atoms with E-state index < -0.39 is 9.84 Å². The van der Waals surface area contributed by atoms with Gasteiger partial charge in [0.15, 0.2) is 9.84 Å². The molecule has 1 aliphatic rings. The van der Waals surface area contributed by atoms with Crippen molar-refractivity contribution in [2.24, 2.45) is 5.92 Å². The highest BCUT2D eigenvalue weighted by molar-refractivity contribution is 7.90. The average molecular weight is 305 g/mol. The molecule has 19 heavy (non-hydrogen) atoms. The fraction of sp³-hybridized carbons (Fsp3) is 0.583. The highest BCUT2D eigenvalue weighted by Gasteiger charge is 2.29. The Kier molecular flexibility index (Phi) is 4.65. The first-order chi connectivity index (χ1) is 8.94. The molecule has 1 fully saturated rings. The van der Waals surface area contributed by atoms with Gasteiger partial charge in [-0.25, -0.2) is 13.4 Å². The molecule has 2 heterocycles. The zero-order valence-corrected chi connectivity index (χ0v) is 12.2. The Morgan fingerprint density at radius 3 is 2.89 bits per heavy atom. The highest BCUT2D eigenvalue weighted by atomic mass is 35.5. The number of sulfone groups is 1. The van der Waals surface area contributed by atoms with Gasteiger partial charge in [0.25, 0.3) is 0 Å². The highest BCUT2D eigenvalue weighted by Crippen LogP contribution is 2.21. The maximum absolute atomic E-state index is 11.5. The predicted octanol–water partition coefficient (Wildman–Crippen LogP) is 1.14. The van der Waals surface area contributed by atoms with Crippen LogP contribution in [0.15, 0.2) is 18.3 Å². The maximum atomic E-state index is 11.5. The van der Waals surface area contributed by atoms with Crippen LogP contribution in [0.2, 0.25) is 5.02 Å². The Hall–Kier alpha value is -0.850. The van der Waals surface area contributed by atoms with Gasteiger partial charge in [0, 0.05) is 31.0 Å². The van der Waals surface area contributed by atoms with Gasteiger partial charge in [-0.15, -0.1) is 0 Å². The van der Waals surface area contributed by atoms with Crippen LogP contribution in [-0.4, -0.2) is 44.6 Å². The van der Waals surface area contributed by atoms with Crippen LogP contribution in [0.4, 0.5) is 0 Å². The molecule has 1 N–H and O–H groups in total. The lowest BCUT2D eigenvalue weighted by atomic mass is 10.0. The average Bonchev–Trinajstić information content (AvgIpc) is 2.83. The van der Waals surface area contributed by atoms with Gasteiger partial charge in [0.1, 0.15) is 6.10 Å². The number of aromatic nitrogens is 1. The lowest BCUT2D eigenvalue weighted by molar-refractivity contribution is 0.157. The molecule has 106 valence electrons. The monoisotopic (exact) mass is 304 g/mol. The molecule has 2 atom stereocenters. The molecule has 1 saturated heterocycles. The minimum Gasteiger partial charge on any atom is -0.473 e. The molecule has 7 heteroatoms. The van der Waals surface area contributed by atoms with Crippen molar-refractivity contribution in [3.8, 4) is 5.88 Å². The number of pyridine rings is 1. The number of ether oxygens (including phenoxy) is 1. The van der Waals surface area contributed by atoms with Gasteiger partial charge in [-0.1, -0.05) is 11.6 Å². The minimum atomic E-state index is -3.10. The summed E-state index contributed by atoms with van der Waals surface area (Å²) in [5, 5.41) is 3.74. The zero-order chi connectivity index (χ0) is 13.9. The second-order valence-corrected chi connectivity index (χ2v) is 7.44. The lowest BCUT2D eigenvalue weighted by Crippen LogP contribution is -2.35. The van der Waals surface area contributed by atoms with Crippen molar-refractivity contribution in [2.75, 3.05) is 25.1 Å². The Morgan fingerprint density at radius 1 is 1.58 bits per heavy atom. The summed E-state index contributed by atoms with van der Waals surface area (Å²) in [6.45, 7) is 1.66. The smallest absolute Gasteiger partial charge is 0.213 e. The number of hydrogen-bond acceptors (Lipinski definition) is 5. The fourth-order valence-electron chi connectivity index (χ4n) is 2.15. The molecule has 0 saturated carbocycles. The summed E-state index contributed by atoms with van der Waals surface area (Å²) in [6.07, 6.45) is 3.24. The van der Waals surface area contributed by atoms with Gasteiger partial charge in [0.05, 0.1) is 10.8 Å². The number of hydrogen-bond donors (Lipinski definition) is 1. The van der Waals surface area contributed by atoms with Crippen molar-refractivity contribution in [3.63, 3.8) is 0 Å². The summed E-state index contributed by atoms with van der Waals surface area (Å²) in [5.41, 5.74) is 0. The van der Waals surface area contributed by atoms with E-state index in [1.807, 2.05) is 0 Å². The third-order valence-corrected chi connectivity index (χ3v) is 4.22. The van der Waals surface area contributed by atoms with E-state index in [9.17, 15) is 8.42 Å². The van der Waals surface area contributed by atoms with Crippen LogP contribution in [-0.2, 0) is 9.84 Å². The van der Waals surface area contributed by atoms with Crippen LogP contribution < -0.4 is 10.1 Å². The largest absolute Gasteiger partial charge is 0.473 e. The Bertz CT molecular complexity index is 512. The predicted molar refractivity (Wildman–Crippen MR) is 74.4 cm³/mol. The minimum absolute atomic E-state index is 0.00362. The third kappa shape index (κ3) is 4.63. The molecule has 0 bridgehead atoms. The summed E-state index contributed by atoms with van der Waals surface area (Å²) >= 11 is 5.76. The number of halogens is 1. The van der Waals surface area contributed by atoms with Crippen molar-refractivity contribution >= 4 is 21.4 Å². The summed E-state index contributed by atoms with van der Waals surface area (Å²) in [4.78, 5) is 4.05. The maximum Gasteiger partial charge on any atom is 0.213 e. The standard InChI is InChI=1S/C12H17ClN2O3S/c1-19(16,17)8-11(9-4-5-14-6-9)18-12-3-2-10(13)7-15-12/h2-3,7,9,11,14H,4-6,8H2,1H3. The molecular weight excluding hydrogens is 288 g/mol. The molecule has 0 aromatic carbocycles. The molecule has 0 amide bonds. The molecule has 0 spiro atoms. The van der Waals surface area contributed by atoms with E-state index in [4.69, 9.17) is 16.3 Å². The first-order valence-corrected chi connectivity index (χ1v) is 8.54. The van der Waals surface area contributed by atoms with Crippen LogP contribution in [0.1, 0.15) is 6.42 Å². The summed E-state index contributed by atoms with van der Waals surface area (Å²) < 4.78 is 28.7. The molecule has 0 aliphatic carbocycles. The van der Waals surface area contributed by atoms with Crippen LogP contribution >= 0.6 is 11.6 Å². The van der Waals surface area contributed by atoms with E-state index in [1.165, 1.54) is 12.5 Å². The van der Waals surface area contributed by atoms with Gasteiger partial charge in [-0.2, -0.15) is 0 Å². The molecule has 2 unspecified atom stereocenters. The van der Waals surface area contributed by atoms with Gasteiger partial charge in [0.2, 0.25) is 5.88 Å². The van der Waals surface area contributed by atoms with Crippen molar-refractivity contribution in [1.82, 2.24) is 10.3 Å². The van der Waals surface area contributed by atoms with Crippen LogP contribution in [0.25, 0.3) is 0 Å². The Labute approximate surface area is 118 Å². The Balaban J connectivity index is 2.10. The number of nitrogens with one attached hydrogen (secondary N) is 1. The second kappa shape index (κ2) is 6.07. The second-order valence-electron chi connectivity index (χ2n) is 4.82. The first kappa shape index (κ1) is 14.6. The normalized spacial score (nSPS) is 21.3. The molecule has 2 rings (SSSR count). The molecular formula is C12H17ClN2O3S. The van der Waals surface area contributed by atoms with Crippen LogP contribution in [0.3, 0.4) is 0 Å². The molecule has 1 aliphatic heterocycles. The summed E-state index contributed by atoms with van der Waals surface area (Å²) in [6, 6.07) is 3.33. The lowest BCUT2D eigenvalue weighted by Gasteiger charge is -2.23. The molecule has 1 aromatic rings. The van der Waals surface area contributed by atoms with Gasteiger partial charge < -0.3 is 10.1 Å². The van der Waals surface area contributed by atoms with Crippen LogP contribution in [0.5, 0.6) is 5.88 Å². The molecule has 1 aromatic heterocycles. The SMILES string of the molecule is CS(=O)(=O)CC(Oc1ccc(Cl)cn1)C1CCNC1. The first-order valence-electron chi connectivity index (χ1n) is 6.11. The fourth-order valence-corrected chi connectivity index (χ4v) is 3.19. The van der Waals surface area contributed by atoms with Crippen molar-refractivity contribution in [2.45, 2.75) is 12.5 Å². The van der Waals surface area contributed by atoms with E-state index in [0.29, 0.717) is 10.9 Å². The molecule has 5 nitrogen and oxygen atoms in total. The van der Waals surface area contributed by atoms with Gasteiger partial charge in [-0.05, 0) is 19.0 Å². The van der Waals surface area contributed by atoms with Crippen molar-refractivity contribution in [3.05, 3.63) is 23.4 Å². The zero-order valence-electron chi connectivity index (χ0n) is 10.7. The van der Waals surface area contributed by atoms with Crippen LogP contribution in [0, 0.1) is 5.92 Å². The van der Waals surface area contributed by atoms with Gasteiger partial charge in [-0.3, -0.25) is 0 Å². The van der Waals surface area contributed by atoms with Crippen molar-refractivity contribution < 1.29 is 13.2 Å². The summed E-state index contributed by atoms with van der Waals surface area (Å²) in [7, 11) is -3.10. The molecule has 0 radical (unpaired) electrons. The van der Waals surface area contributed by atoms with E-state index in [2.05, 4.69) is 10.3 Å². The van der Waals surface area contributed by atoms with E-state index in [1.54, 1.807) is 12.1 Å². The quantitative estimate of drug-likeness (QED) is 0.883. The van der Waals surface area contributed by atoms with E-state index in [0.717, 1.165) is 19.5 Å². The number of nitrogens with zero attached hydrogens (tertiary/aromatic N) is 1. The summed E-state index contributed by atoms with van der Waals surface area (Å²) in [5.74, 6) is 0.598. The number of rotatable bonds is 5. The van der Waals surface area contributed by atoms with Crippen molar-refractivity contribution in [1.29, 1.82) is 0 Å². The third-order valence-electron chi connectivity index (χ3n) is 3.06. The topological polar surface area (TPSA) is 68.3 Å². The van der Waals surface area contributed by atoms with E-state index in [-0.39, 0.29) is 17.8 Å².